The number of fused-ring (bicyclic) bond motifs is 1. The summed E-state index contributed by atoms with van der Waals surface area (Å²) in [5, 5.41) is 2.89. The van der Waals surface area contributed by atoms with Crippen LogP contribution in [0.2, 0.25) is 0 Å². The summed E-state index contributed by atoms with van der Waals surface area (Å²) in [6.45, 7) is 6.40. The third-order valence-corrected chi connectivity index (χ3v) is 5.09. The van der Waals surface area contributed by atoms with Crippen molar-refractivity contribution in [3.8, 4) is 0 Å². The molecule has 2 aromatic rings. The first-order valence-electron chi connectivity index (χ1n) is 9.42. The average Bonchev–Trinajstić information content (AvgIpc) is 3.04. The van der Waals surface area contributed by atoms with Crippen LogP contribution in [0.1, 0.15) is 29.8 Å². The van der Waals surface area contributed by atoms with Gasteiger partial charge in [0.2, 0.25) is 11.9 Å². The first kappa shape index (κ1) is 18.4. The van der Waals surface area contributed by atoms with E-state index in [1.165, 1.54) is 0 Å². The molecule has 0 saturated carbocycles. The number of ether oxygens (including phenoxy) is 1. The van der Waals surface area contributed by atoms with E-state index >= 15 is 0 Å². The van der Waals surface area contributed by atoms with Crippen LogP contribution in [0.3, 0.4) is 0 Å². The van der Waals surface area contributed by atoms with Gasteiger partial charge in [-0.2, -0.15) is 0 Å². The zero-order valence-electron chi connectivity index (χ0n) is 16.0. The molecule has 0 aliphatic carbocycles. The fourth-order valence-electron chi connectivity index (χ4n) is 3.76. The van der Waals surface area contributed by atoms with E-state index in [-0.39, 0.29) is 17.9 Å². The Morgan fingerprint density at radius 3 is 2.57 bits per heavy atom. The molecule has 2 aliphatic heterocycles. The van der Waals surface area contributed by atoms with Crippen LogP contribution in [0.25, 0.3) is 0 Å². The predicted octanol–water partition coefficient (Wildman–Crippen LogP) is 1.86. The van der Waals surface area contributed by atoms with E-state index in [2.05, 4.69) is 15.3 Å². The number of hydrogen-bond acceptors (Lipinski definition) is 6. The van der Waals surface area contributed by atoms with Crippen LogP contribution in [0, 0.1) is 0 Å². The minimum Gasteiger partial charge on any atom is -0.378 e. The number of nitrogens with one attached hydrogen (secondary N) is 1. The molecule has 146 valence electrons. The monoisotopic (exact) mass is 381 g/mol. The number of carbonyl (C=O) groups excluding carboxylic acids is 2. The highest BCUT2D eigenvalue weighted by Crippen LogP contribution is 2.34. The molecule has 1 aromatic heterocycles. The molecule has 0 radical (unpaired) electrons. The highest BCUT2D eigenvalue weighted by molar-refractivity contribution is 6.04. The molecule has 4 rings (SSSR count). The Kier molecular flexibility index (Phi) is 4.95. The van der Waals surface area contributed by atoms with Gasteiger partial charge in [-0.05, 0) is 37.1 Å². The van der Waals surface area contributed by atoms with Gasteiger partial charge in [0, 0.05) is 49.8 Å². The second kappa shape index (κ2) is 7.55. The van der Waals surface area contributed by atoms with Crippen LogP contribution in [0.15, 0.2) is 30.6 Å². The number of benzene rings is 1. The molecule has 0 spiro atoms. The van der Waals surface area contributed by atoms with E-state index in [0.717, 1.165) is 30.8 Å². The molecular weight excluding hydrogens is 358 g/mol. The first-order valence-corrected chi connectivity index (χ1v) is 9.42. The van der Waals surface area contributed by atoms with Crippen molar-refractivity contribution in [3.63, 3.8) is 0 Å². The van der Waals surface area contributed by atoms with Crippen LogP contribution in [0.4, 0.5) is 17.3 Å². The highest BCUT2D eigenvalue weighted by atomic mass is 16.5. The first-order chi connectivity index (χ1) is 13.5. The molecule has 2 amide bonds. The lowest BCUT2D eigenvalue weighted by atomic mass is 10.1. The maximum Gasteiger partial charge on any atom is 0.258 e. The summed E-state index contributed by atoms with van der Waals surface area (Å²) in [6.07, 6.45) is 3.86. The average molecular weight is 381 g/mol. The maximum absolute atomic E-state index is 12.5. The smallest absolute Gasteiger partial charge is 0.258 e. The minimum absolute atomic E-state index is 0.0283. The summed E-state index contributed by atoms with van der Waals surface area (Å²) in [4.78, 5) is 36.8. The summed E-state index contributed by atoms with van der Waals surface area (Å²) >= 11 is 0. The van der Waals surface area contributed by atoms with Crippen LogP contribution in [0.5, 0.6) is 0 Å². The molecule has 0 bridgehead atoms. The van der Waals surface area contributed by atoms with E-state index in [4.69, 9.17) is 4.74 Å². The second-order valence-electron chi connectivity index (χ2n) is 7.11. The van der Waals surface area contributed by atoms with Gasteiger partial charge in [0.05, 0.1) is 18.8 Å². The Balaban J connectivity index is 1.45. The zero-order valence-corrected chi connectivity index (χ0v) is 16.0. The van der Waals surface area contributed by atoms with Crippen molar-refractivity contribution in [2.45, 2.75) is 26.3 Å². The normalized spacial score (nSPS) is 18.7. The quantitative estimate of drug-likeness (QED) is 0.873. The van der Waals surface area contributed by atoms with E-state index in [0.29, 0.717) is 30.4 Å². The molecule has 1 fully saturated rings. The third-order valence-electron chi connectivity index (χ3n) is 5.09. The predicted molar refractivity (Wildman–Crippen MR) is 106 cm³/mol. The van der Waals surface area contributed by atoms with Crippen LogP contribution in [-0.4, -0.2) is 54.1 Å². The van der Waals surface area contributed by atoms with E-state index in [9.17, 15) is 9.59 Å². The Morgan fingerprint density at radius 1 is 1.18 bits per heavy atom. The maximum atomic E-state index is 12.5. The van der Waals surface area contributed by atoms with E-state index in [1.807, 2.05) is 30.0 Å². The SMILES string of the molecule is CC(=O)N1c2ccc(NC(=O)c3cnc(N4CCOCC4)nc3)cc2CC1C. The van der Waals surface area contributed by atoms with E-state index in [1.54, 1.807) is 24.2 Å². The Hall–Kier alpha value is -3.00. The molecule has 1 unspecified atom stereocenters. The molecular formula is C20H23N5O3. The van der Waals surface area contributed by atoms with Gasteiger partial charge in [-0.15, -0.1) is 0 Å². The summed E-state index contributed by atoms with van der Waals surface area (Å²) in [5.74, 6) is 0.374. The third kappa shape index (κ3) is 3.55. The number of aromatic nitrogens is 2. The van der Waals surface area contributed by atoms with Gasteiger partial charge in [-0.1, -0.05) is 0 Å². The van der Waals surface area contributed by atoms with Crippen LogP contribution < -0.4 is 15.1 Å². The van der Waals surface area contributed by atoms with Crippen molar-refractivity contribution in [2.24, 2.45) is 0 Å². The standard InChI is InChI=1S/C20H23N5O3/c1-13-9-15-10-17(3-4-18(15)25(13)14(2)26)23-19(27)16-11-21-20(22-12-16)24-5-7-28-8-6-24/h3-4,10-13H,5-9H2,1-2H3,(H,23,27). The number of rotatable bonds is 3. The molecule has 8 heteroatoms. The van der Waals surface area contributed by atoms with Gasteiger partial charge in [0.15, 0.2) is 0 Å². The highest BCUT2D eigenvalue weighted by Gasteiger charge is 2.29. The Labute approximate surface area is 163 Å². The van der Waals surface area contributed by atoms with Gasteiger partial charge in [-0.3, -0.25) is 9.59 Å². The summed E-state index contributed by atoms with van der Waals surface area (Å²) in [5.41, 5.74) is 3.06. The minimum atomic E-state index is -0.261. The van der Waals surface area contributed by atoms with Crippen LogP contribution >= 0.6 is 0 Å². The largest absolute Gasteiger partial charge is 0.378 e. The van der Waals surface area contributed by atoms with Crippen molar-refractivity contribution < 1.29 is 14.3 Å². The fourth-order valence-corrected chi connectivity index (χ4v) is 3.76. The van der Waals surface area contributed by atoms with Crippen LogP contribution in [-0.2, 0) is 16.0 Å². The van der Waals surface area contributed by atoms with Gasteiger partial charge in [0.1, 0.15) is 0 Å². The Morgan fingerprint density at radius 2 is 1.89 bits per heavy atom. The van der Waals surface area contributed by atoms with Crippen molar-refractivity contribution in [1.82, 2.24) is 9.97 Å². The molecule has 2 aliphatic rings. The zero-order chi connectivity index (χ0) is 19.7. The Bertz CT molecular complexity index is 893. The lowest BCUT2D eigenvalue weighted by Crippen LogP contribution is -2.37. The topological polar surface area (TPSA) is 87.7 Å². The lowest BCUT2D eigenvalue weighted by Gasteiger charge is -2.26. The van der Waals surface area contributed by atoms with Gasteiger partial charge in [-0.25, -0.2) is 9.97 Å². The second-order valence-corrected chi connectivity index (χ2v) is 7.11. The molecule has 28 heavy (non-hydrogen) atoms. The van der Waals surface area contributed by atoms with Crippen molar-refractivity contribution in [2.75, 3.05) is 41.4 Å². The van der Waals surface area contributed by atoms with Gasteiger partial charge < -0.3 is 19.9 Å². The molecule has 1 N–H and O–H groups in total. The molecule has 8 nitrogen and oxygen atoms in total. The number of amides is 2. The fraction of sp³-hybridized carbons (Fsp3) is 0.400. The number of anilines is 3. The molecule has 1 saturated heterocycles. The van der Waals surface area contributed by atoms with Crippen molar-refractivity contribution in [1.29, 1.82) is 0 Å². The van der Waals surface area contributed by atoms with Gasteiger partial charge in [0.25, 0.3) is 5.91 Å². The lowest BCUT2D eigenvalue weighted by molar-refractivity contribution is -0.116. The van der Waals surface area contributed by atoms with Crippen molar-refractivity contribution >= 4 is 29.1 Å². The van der Waals surface area contributed by atoms with E-state index < -0.39 is 0 Å². The number of nitrogens with zero attached hydrogens (tertiary/aromatic N) is 4. The number of hydrogen-bond donors (Lipinski definition) is 1. The molecule has 3 heterocycles. The summed E-state index contributed by atoms with van der Waals surface area (Å²) < 4.78 is 5.32. The molecule has 1 atom stereocenters. The van der Waals surface area contributed by atoms with Gasteiger partial charge >= 0.3 is 0 Å². The summed E-state index contributed by atoms with van der Waals surface area (Å²) in [7, 11) is 0. The molecule has 1 aromatic carbocycles. The number of morpholine rings is 1. The van der Waals surface area contributed by atoms with Crippen molar-refractivity contribution in [3.05, 3.63) is 41.7 Å². The number of carbonyl (C=O) groups is 2. The summed E-state index contributed by atoms with van der Waals surface area (Å²) in [6, 6.07) is 5.75.